The molecule has 13 heteroatoms. The maximum absolute atomic E-state index is 11.0. The van der Waals surface area contributed by atoms with Gasteiger partial charge in [-0.15, -0.1) is 12.2 Å². The van der Waals surface area contributed by atoms with Crippen LogP contribution < -0.4 is 20.0 Å². The molecule has 0 aromatic heterocycles. The van der Waals surface area contributed by atoms with Crippen molar-refractivity contribution in [2.24, 2.45) is 0 Å². The third-order valence-electron chi connectivity index (χ3n) is 2.99. The molecule has 212 valence electrons. The first-order chi connectivity index (χ1) is 15.7. The third kappa shape index (κ3) is 60.9. The van der Waals surface area contributed by atoms with Crippen LogP contribution in [0, 0.1) is 0 Å². The minimum Gasteiger partial charge on any atom is -0.852 e. The van der Waals surface area contributed by atoms with E-state index in [0.29, 0.717) is 0 Å². The van der Waals surface area contributed by atoms with Crippen molar-refractivity contribution in [2.45, 2.75) is 119 Å². The SMILES string of the molecule is CC(C)[O-].CC(C)[O-].CCCCOP(=O)([O-])OCCCC.CCCCOP(=O)([O-])OCCCC.[Ti+4]. The second kappa shape index (κ2) is 32.9. The van der Waals surface area contributed by atoms with Gasteiger partial charge >= 0.3 is 21.7 Å². The van der Waals surface area contributed by atoms with E-state index in [1.165, 1.54) is 0 Å². The molecular weight excluding hydrogens is 534 g/mol. The Morgan fingerprint density at radius 2 is 0.686 bits per heavy atom. The summed E-state index contributed by atoms with van der Waals surface area (Å²) in [5, 5.41) is 19.1. The molecule has 0 rings (SSSR count). The monoisotopic (exact) mass is 584 g/mol. The van der Waals surface area contributed by atoms with E-state index in [1.807, 2.05) is 27.7 Å². The molecule has 0 aliphatic carbocycles. The number of rotatable bonds is 16. The first-order valence-corrected chi connectivity index (χ1v) is 15.1. The van der Waals surface area contributed by atoms with Crippen molar-refractivity contribution >= 4 is 15.6 Å². The van der Waals surface area contributed by atoms with Crippen molar-refractivity contribution in [3.8, 4) is 0 Å². The van der Waals surface area contributed by atoms with Gasteiger partial charge in [-0.1, -0.05) is 81.1 Å². The molecule has 0 fully saturated rings. The largest absolute Gasteiger partial charge is 4.00 e. The summed E-state index contributed by atoms with van der Waals surface area (Å²) in [6.07, 6.45) is 5.77. The van der Waals surface area contributed by atoms with Crippen molar-refractivity contribution in [3.63, 3.8) is 0 Å². The van der Waals surface area contributed by atoms with Crippen LogP contribution in [0.3, 0.4) is 0 Å². The molecule has 0 atom stereocenters. The van der Waals surface area contributed by atoms with E-state index >= 15 is 0 Å². The molecule has 0 N–H and O–H groups in total. The molecule has 0 aromatic rings. The van der Waals surface area contributed by atoms with Gasteiger partial charge in [-0.05, 0) is 25.7 Å². The fourth-order valence-corrected chi connectivity index (χ4v) is 2.92. The Balaban J connectivity index is -0.000000128. The molecule has 0 bridgehead atoms. The number of hydrogen-bond donors (Lipinski definition) is 0. The Bertz CT molecular complexity index is 408. The van der Waals surface area contributed by atoms with Crippen LogP contribution >= 0.6 is 15.6 Å². The Morgan fingerprint density at radius 3 is 0.800 bits per heavy atom. The molecule has 0 saturated carbocycles. The van der Waals surface area contributed by atoms with Crippen LogP contribution in [-0.4, -0.2) is 38.6 Å². The maximum Gasteiger partial charge on any atom is 4.00 e. The Morgan fingerprint density at radius 1 is 0.543 bits per heavy atom. The van der Waals surface area contributed by atoms with E-state index in [9.17, 15) is 29.1 Å². The predicted molar refractivity (Wildman–Crippen MR) is 129 cm³/mol. The molecule has 0 spiro atoms. The van der Waals surface area contributed by atoms with E-state index in [0.717, 1.165) is 51.4 Å². The molecule has 0 amide bonds. The van der Waals surface area contributed by atoms with E-state index in [2.05, 4.69) is 18.1 Å². The van der Waals surface area contributed by atoms with E-state index in [1.54, 1.807) is 27.7 Å². The van der Waals surface area contributed by atoms with Crippen LogP contribution in [0.15, 0.2) is 0 Å². The summed E-state index contributed by atoms with van der Waals surface area (Å²) >= 11 is 0. The molecule has 0 saturated heterocycles. The van der Waals surface area contributed by atoms with Gasteiger partial charge in [-0.25, -0.2) is 0 Å². The van der Waals surface area contributed by atoms with Crippen LogP contribution in [-0.2, 0) is 48.9 Å². The molecule has 35 heavy (non-hydrogen) atoms. The Kier molecular flexibility index (Phi) is 43.0. The summed E-state index contributed by atoms with van der Waals surface area (Å²) in [4.78, 5) is 21.9. The predicted octanol–water partition coefficient (Wildman–Crippen LogP) is 3.68. The smallest absolute Gasteiger partial charge is 0.852 e. The summed E-state index contributed by atoms with van der Waals surface area (Å²) in [5.74, 6) is 0. The Hall–Kier alpha value is 0.854. The van der Waals surface area contributed by atoms with Gasteiger partial charge in [0.05, 0.1) is 26.4 Å². The fourth-order valence-electron chi connectivity index (χ4n) is 1.36. The summed E-state index contributed by atoms with van der Waals surface area (Å²) < 4.78 is 40.3. The van der Waals surface area contributed by atoms with Gasteiger partial charge in [0.15, 0.2) is 0 Å². The molecule has 0 aliphatic heterocycles. The first-order valence-electron chi connectivity index (χ1n) is 12.2. The van der Waals surface area contributed by atoms with Gasteiger partial charge in [0.25, 0.3) is 15.6 Å². The standard InChI is InChI=1S/2C8H19O4P.2C3H7O.Ti/c2*1-3-5-7-11-13(9,10)12-8-6-4-2;2*1-3(2)4;/h2*3-8H2,1-2H3,(H,9,10);2*3H,1-2H3;/q;;2*-1;+4/p-2. The van der Waals surface area contributed by atoms with E-state index in [4.69, 9.17) is 0 Å². The van der Waals surface area contributed by atoms with Crippen molar-refractivity contribution in [1.82, 2.24) is 0 Å². The first kappa shape index (κ1) is 45.8. The van der Waals surface area contributed by atoms with Crippen LogP contribution in [0.25, 0.3) is 0 Å². The zero-order chi connectivity index (χ0) is 27.5. The second-order valence-corrected chi connectivity index (χ2v) is 10.6. The Labute approximate surface area is 229 Å². The normalized spacial score (nSPS) is 10.9. The number of unbranched alkanes of at least 4 members (excludes halogenated alkanes) is 4. The summed E-state index contributed by atoms with van der Waals surface area (Å²) in [6, 6.07) is 0. The average molecular weight is 584 g/mol. The van der Waals surface area contributed by atoms with Gasteiger partial charge < -0.3 is 38.1 Å². The number of phosphoric acid groups is 2. The van der Waals surface area contributed by atoms with Crippen molar-refractivity contribution in [2.75, 3.05) is 26.4 Å². The zero-order valence-corrected chi connectivity index (χ0v) is 26.5. The topological polar surface area (TPSA) is 163 Å². The molecule has 0 aromatic carbocycles. The van der Waals surface area contributed by atoms with Gasteiger partial charge in [0.1, 0.15) is 0 Å². The molecule has 10 nitrogen and oxygen atoms in total. The summed E-state index contributed by atoms with van der Waals surface area (Å²) in [6.45, 7) is 15.2. The molecule has 0 radical (unpaired) electrons. The maximum atomic E-state index is 11.0. The second-order valence-electron chi connectivity index (χ2n) is 7.74. The third-order valence-corrected chi connectivity index (χ3v) is 4.98. The summed E-state index contributed by atoms with van der Waals surface area (Å²) in [5.41, 5.74) is 0. The van der Waals surface area contributed by atoms with Crippen LogP contribution in [0.5, 0.6) is 0 Å². The number of hydrogen-bond acceptors (Lipinski definition) is 10. The quantitative estimate of drug-likeness (QED) is 0.149. The van der Waals surface area contributed by atoms with Crippen molar-refractivity contribution < 1.29 is 68.9 Å². The average Bonchev–Trinajstić information content (AvgIpc) is 2.68. The van der Waals surface area contributed by atoms with Gasteiger partial charge in [-0.3, -0.25) is 9.13 Å². The fraction of sp³-hybridized carbons (Fsp3) is 1.00. The van der Waals surface area contributed by atoms with Crippen LogP contribution in [0.4, 0.5) is 0 Å². The van der Waals surface area contributed by atoms with Gasteiger partial charge in [-0.2, -0.15) is 0 Å². The minimum absolute atomic E-state index is 0. The van der Waals surface area contributed by atoms with Crippen molar-refractivity contribution in [3.05, 3.63) is 0 Å². The molecular formula is C22H50O10P2Ti. The zero-order valence-electron chi connectivity index (χ0n) is 23.1. The van der Waals surface area contributed by atoms with E-state index in [-0.39, 0.29) is 48.1 Å². The molecule has 0 aliphatic rings. The van der Waals surface area contributed by atoms with Crippen LogP contribution in [0.2, 0.25) is 0 Å². The van der Waals surface area contributed by atoms with Crippen LogP contribution in [0.1, 0.15) is 107 Å². The summed E-state index contributed by atoms with van der Waals surface area (Å²) in [7, 11) is -8.00. The van der Waals surface area contributed by atoms with E-state index < -0.39 is 27.9 Å². The van der Waals surface area contributed by atoms with Crippen molar-refractivity contribution in [1.29, 1.82) is 0 Å². The molecule has 0 heterocycles. The number of phosphoric ester groups is 2. The molecule has 0 unspecified atom stereocenters. The van der Waals surface area contributed by atoms with Gasteiger partial charge in [0, 0.05) is 0 Å². The van der Waals surface area contributed by atoms with Gasteiger partial charge in [0.2, 0.25) is 0 Å². The minimum atomic E-state index is -4.00.